The van der Waals surface area contributed by atoms with Gasteiger partial charge < -0.3 is 9.47 Å². The number of pyridine rings is 1. The fourth-order valence-corrected chi connectivity index (χ4v) is 3.66. The number of carbonyl (C=O) groups is 2. The fraction of sp³-hybridized carbons (Fsp3) is 0.208. The van der Waals surface area contributed by atoms with Crippen LogP contribution < -0.4 is 10.1 Å². The van der Waals surface area contributed by atoms with Gasteiger partial charge in [0.05, 0.1) is 12.8 Å². The van der Waals surface area contributed by atoms with E-state index in [-0.39, 0.29) is 23.4 Å². The molecule has 2 heterocycles. The number of benzene rings is 2. The quantitative estimate of drug-likeness (QED) is 0.592. The Hall–Kier alpha value is -3.74. The molecule has 1 N–H and O–H groups in total. The molecule has 4 rings (SSSR count). The number of imide groups is 1. The lowest BCUT2D eigenvalue weighted by atomic mass is 9.88. The molecule has 0 bridgehead atoms. The summed E-state index contributed by atoms with van der Waals surface area (Å²) in [6.45, 7) is 3.96. The highest BCUT2D eigenvalue weighted by atomic mass is 19.1. The molecule has 1 atom stereocenters. The minimum Gasteiger partial charge on any atom is -0.481 e. The summed E-state index contributed by atoms with van der Waals surface area (Å²) in [6.07, 6.45) is 0.818. The highest BCUT2D eigenvalue weighted by Crippen LogP contribution is 2.35. The first-order chi connectivity index (χ1) is 14.9. The first kappa shape index (κ1) is 20.5. The summed E-state index contributed by atoms with van der Waals surface area (Å²) in [7, 11) is 1.52. The van der Waals surface area contributed by atoms with Crippen molar-refractivity contribution in [1.29, 1.82) is 0 Å². The number of alkyl carbamates (subject to hydrolysis) is 1. The van der Waals surface area contributed by atoms with Gasteiger partial charge in [0.15, 0.2) is 5.76 Å². The Morgan fingerprint density at radius 3 is 2.61 bits per heavy atom. The van der Waals surface area contributed by atoms with E-state index in [1.54, 1.807) is 18.2 Å². The number of methoxy groups -OCH3 is 1. The predicted molar refractivity (Wildman–Crippen MR) is 114 cm³/mol. The maximum atomic E-state index is 14.2. The summed E-state index contributed by atoms with van der Waals surface area (Å²) >= 11 is 0. The van der Waals surface area contributed by atoms with Gasteiger partial charge in [0.1, 0.15) is 5.82 Å². The molecule has 1 aromatic heterocycles. The Morgan fingerprint density at radius 2 is 1.94 bits per heavy atom. The van der Waals surface area contributed by atoms with Gasteiger partial charge in [-0.1, -0.05) is 44.2 Å². The number of carbonyl (C=O) groups excluding carboxylic acids is 2. The number of ether oxygens (including phenoxy) is 2. The van der Waals surface area contributed by atoms with E-state index in [9.17, 15) is 14.0 Å². The second-order valence-corrected chi connectivity index (χ2v) is 7.62. The van der Waals surface area contributed by atoms with Gasteiger partial charge in [-0.15, -0.1) is 0 Å². The second-order valence-electron chi connectivity index (χ2n) is 7.62. The molecule has 0 saturated carbocycles. The van der Waals surface area contributed by atoms with Gasteiger partial charge in [-0.3, -0.25) is 10.1 Å². The summed E-state index contributed by atoms with van der Waals surface area (Å²) in [5, 5.41) is 3.42. The van der Waals surface area contributed by atoms with Crippen molar-refractivity contribution in [3.63, 3.8) is 0 Å². The van der Waals surface area contributed by atoms with Crippen LogP contribution in [0.25, 0.3) is 22.0 Å². The maximum absolute atomic E-state index is 14.2. The third-order valence-electron chi connectivity index (χ3n) is 5.26. The van der Waals surface area contributed by atoms with Crippen molar-refractivity contribution in [2.45, 2.75) is 19.8 Å². The average Bonchev–Trinajstić information content (AvgIpc) is 3.08. The molecule has 1 aliphatic rings. The summed E-state index contributed by atoms with van der Waals surface area (Å²) in [4.78, 5) is 27.9. The van der Waals surface area contributed by atoms with Gasteiger partial charge in [-0.2, -0.15) is 0 Å². The summed E-state index contributed by atoms with van der Waals surface area (Å²) in [5.74, 6) is -0.740. The van der Waals surface area contributed by atoms with Crippen molar-refractivity contribution >= 4 is 22.8 Å². The standard InChI is InChI=1S/C24H21FN2O4/c1-13(2)17(12-21-22(28)27-24(29)31-21)16-9-10-20(26-23(16)30-3)15-8-7-14-5-4-6-19(25)18(14)11-15/h4-13,17H,1-3H3,(H,27,28,29)/b21-12-. The van der Waals surface area contributed by atoms with Crippen LogP contribution in [-0.4, -0.2) is 24.1 Å². The lowest BCUT2D eigenvalue weighted by Gasteiger charge is -2.20. The molecule has 0 aliphatic carbocycles. The smallest absolute Gasteiger partial charge is 0.419 e. The zero-order chi connectivity index (χ0) is 22.1. The number of halogens is 1. The van der Waals surface area contributed by atoms with Crippen LogP contribution in [0.4, 0.5) is 9.18 Å². The SMILES string of the molecule is COc1nc(-c2ccc3cccc(F)c3c2)ccc1C(/C=C1\OC(=O)NC1=O)C(C)C. The number of aromatic nitrogens is 1. The Bertz CT molecular complexity index is 1220. The van der Waals surface area contributed by atoms with Crippen molar-refractivity contribution < 1.29 is 23.5 Å². The second kappa shape index (κ2) is 8.18. The molecule has 3 aromatic rings. The van der Waals surface area contributed by atoms with Crippen molar-refractivity contribution in [3.05, 3.63) is 71.7 Å². The lowest BCUT2D eigenvalue weighted by molar-refractivity contribution is -0.116. The average molecular weight is 420 g/mol. The van der Waals surface area contributed by atoms with Crippen LogP contribution in [0.2, 0.25) is 0 Å². The van der Waals surface area contributed by atoms with Crippen molar-refractivity contribution in [2.75, 3.05) is 7.11 Å². The summed E-state index contributed by atoms with van der Waals surface area (Å²) < 4.78 is 24.7. The lowest BCUT2D eigenvalue weighted by Crippen LogP contribution is -2.19. The third kappa shape index (κ3) is 3.99. The third-order valence-corrected chi connectivity index (χ3v) is 5.26. The number of hydrogen-bond acceptors (Lipinski definition) is 5. The van der Waals surface area contributed by atoms with E-state index >= 15 is 0 Å². The van der Waals surface area contributed by atoms with Crippen LogP contribution in [0.5, 0.6) is 5.88 Å². The van der Waals surface area contributed by atoms with Crippen molar-refractivity contribution in [1.82, 2.24) is 10.3 Å². The number of fused-ring (bicyclic) bond motifs is 1. The van der Waals surface area contributed by atoms with E-state index in [0.29, 0.717) is 17.0 Å². The molecule has 158 valence electrons. The zero-order valence-corrected chi connectivity index (χ0v) is 17.3. The fourth-order valence-electron chi connectivity index (χ4n) is 3.66. The van der Waals surface area contributed by atoms with E-state index in [1.807, 2.05) is 44.2 Å². The van der Waals surface area contributed by atoms with E-state index in [0.717, 1.165) is 16.5 Å². The first-order valence-corrected chi connectivity index (χ1v) is 9.86. The van der Waals surface area contributed by atoms with Gasteiger partial charge in [-0.05, 0) is 35.6 Å². The van der Waals surface area contributed by atoms with Gasteiger partial charge in [0, 0.05) is 22.4 Å². The molecule has 1 saturated heterocycles. The molecule has 0 radical (unpaired) electrons. The molecule has 1 unspecified atom stereocenters. The number of nitrogens with one attached hydrogen (secondary N) is 1. The van der Waals surface area contributed by atoms with Crippen molar-refractivity contribution in [3.8, 4) is 17.1 Å². The monoisotopic (exact) mass is 420 g/mol. The number of nitrogens with zero attached hydrogens (tertiary/aromatic N) is 1. The Labute approximate surface area is 178 Å². The number of rotatable bonds is 5. The van der Waals surface area contributed by atoms with Crippen LogP contribution in [0.15, 0.2) is 60.4 Å². The van der Waals surface area contributed by atoms with E-state index in [2.05, 4.69) is 10.3 Å². The van der Waals surface area contributed by atoms with Gasteiger partial charge in [-0.25, -0.2) is 14.2 Å². The Morgan fingerprint density at radius 1 is 1.13 bits per heavy atom. The van der Waals surface area contributed by atoms with Gasteiger partial charge in [0.25, 0.3) is 5.91 Å². The number of cyclic esters (lactones) is 1. The number of allylic oxidation sites excluding steroid dienone is 1. The molecule has 7 heteroatoms. The van der Waals surface area contributed by atoms with E-state index < -0.39 is 12.0 Å². The largest absolute Gasteiger partial charge is 0.481 e. The van der Waals surface area contributed by atoms with E-state index in [1.165, 1.54) is 13.2 Å². The minimum atomic E-state index is -0.789. The molecule has 1 aliphatic heterocycles. The zero-order valence-electron chi connectivity index (χ0n) is 17.3. The van der Waals surface area contributed by atoms with Crippen LogP contribution in [0.1, 0.15) is 25.3 Å². The van der Waals surface area contributed by atoms with Crippen LogP contribution in [0, 0.1) is 11.7 Å². The van der Waals surface area contributed by atoms with Crippen LogP contribution in [-0.2, 0) is 9.53 Å². The first-order valence-electron chi connectivity index (χ1n) is 9.86. The van der Waals surface area contributed by atoms with E-state index in [4.69, 9.17) is 9.47 Å². The molecular formula is C24H21FN2O4. The van der Waals surface area contributed by atoms with Crippen LogP contribution in [0.3, 0.4) is 0 Å². The van der Waals surface area contributed by atoms with Crippen molar-refractivity contribution in [2.24, 2.45) is 5.92 Å². The van der Waals surface area contributed by atoms with Gasteiger partial charge in [0.2, 0.25) is 5.88 Å². The Balaban J connectivity index is 1.75. The summed E-state index contributed by atoms with van der Waals surface area (Å²) in [5.41, 5.74) is 2.13. The van der Waals surface area contributed by atoms with Gasteiger partial charge >= 0.3 is 6.09 Å². The Kier molecular flexibility index (Phi) is 5.42. The minimum absolute atomic E-state index is 0.0418. The molecule has 0 spiro atoms. The number of amides is 2. The molecule has 2 amide bonds. The molecule has 6 nitrogen and oxygen atoms in total. The van der Waals surface area contributed by atoms with Crippen LogP contribution >= 0.6 is 0 Å². The summed E-state index contributed by atoms with van der Waals surface area (Å²) in [6, 6.07) is 14.1. The normalized spacial score (nSPS) is 16.0. The molecule has 31 heavy (non-hydrogen) atoms. The highest BCUT2D eigenvalue weighted by molar-refractivity contribution is 6.07. The molecule has 1 fully saturated rings. The maximum Gasteiger partial charge on any atom is 0.419 e. The molecule has 2 aromatic carbocycles. The highest BCUT2D eigenvalue weighted by Gasteiger charge is 2.29. The predicted octanol–water partition coefficient (Wildman–Crippen LogP) is 4.94. The topological polar surface area (TPSA) is 77.5 Å². The number of hydrogen-bond donors (Lipinski definition) is 1. The molecular weight excluding hydrogens is 399 g/mol.